The Bertz CT molecular complexity index is 225. The summed E-state index contributed by atoms with van der Waals surface area (Å²) in [5.41, 5.74) is 0. The molecular weight excluding hydrogens is 214 g/mol. The topological polar surface area (TPSA) is 44.4 Å². The van der Waals surface area contributed by atoms with Crippen LogP contribution in [0.2, 0.25) is 0 Å². The summed E-state index contributed by atoms with van der Waals surface area (Å²) in [7, 11) is 0. The van der Waals surface area contributed by atoms with E-state index in [1.807, 2.05) is 13.8 Å². The molecule has 0 radical (unpaired) electrons. The van der Waals surface area contributed by atoms with E-state index in [4.69, 9.17) is 0 Å². The zero-order chi connectivity index (χ0) is 12.7. The SMILES string of the molecule is CC(C)NC(=O)CNCC(C)N1CCCCC1. The average molecular weight is 241 g/mol. The van der Waals surface area contributed by atoms with Crippen LogP contribution in [-0.2, 0) is 4.79 Å². The van der Waals surface area contributed by atoms with Crippen LogP contribution in [0.15, 0.2) is 0 Å². The highest BCUT2D eigenvalue weighted by molar-refractivity contribution is 5.78. The Morgan fingerprint density at radius 2 is 1.82 bits per heavy atom. The molecule has 1 aliphatic rings. The summed E-state index contributed by atoms with van der Waals surface area (Å²) >= 11 is 0. The van der Waals surface area contributed by atoms with E-state index in [1.54, 1.807) is 0 Å². The number of rotatable bonds is 6. The quantitative estimate of drug-likeness (QED) is 0.728. The minimum Gasteiger partial charge on any atom is -0.353 e. The number of nitrogens with one attached hydrogen (secondary N) is 2. The largest absolute Gasteiger partial charge is 0.353 e. The van der Waals surface area contributed by atoms with Crippen LogP contribution in [0.25, 0.3) is 0 Å². The van der Waals surface area contributed by atoms with Crippen LogP contribution in [-0.4, -0.2) is 49.1 Å². The number of likely N-dealkylation sites (tertiary alicyclic amines) is 1. The number of hydrogen-bond donors (Lipinski definition) is 2. The van der Waals surface area contributed by atoms with Gasteiger partial charge in [0.1, 0.15) is 0 Å². The minimum absolute atomic E-state index is 0.0887. The summed E-state index contributed by atoms with van der Waals surface area (Å²) in [5.74, 6) is 0.0887. The maximum atomic E-state index is 11.4. The van der Waals surface area contributed by atoms with Crippen LogP contribution < -0.4 is 10.6 Å². The van der Waals surface area contributed by atoms with Gasteiger partial charge in [-0.05, 0) is 46.7 Å². The third-order valence-electron chi connectivity index (χ3n) is 3.19. The molecule has 1 unspecified atom stereocenters. The van der Waals surface area contributed by atoms with Crippen molar-refractivity contribution in [3.63, 3.8) is 0 Å². The predicted octanol–water partition coefficient (Wildman–Crippen LogP) is 0.975. The standard InChI is InChI=1S/C13H27N3O/c1-11(2)15-13(17)10-14-9-12(3)16-7-5-4-6-8-16/h11-12,14H,4-10H2,1-3H3,(H,15,17). The fraction of sp³-hybridized carbons (Fsp3) is 0.923. The van der Waals surface area contributed by atoms with Crippen molar-refractivity contribution in [2.45, 2.75) is 52.1 Å². The van der Waals surface area contributed by atoms with E-state index < -0.39 is 0 Å². The van der Waals surface area contributed by atoms with E-state index in [-0.39, 0.29) is 11.9 Å². The highest BCUT2D eigenvalue weighted by Crippen LogP contribution is 2.11. The van der Waals surface area contributed by atoms with Gasteiger partial charge in [-0.15, -0.1) is 0 Å². The Morgan fingerprint density at radius 1 is 1.18 bits per heavy atom. The Hall–Kier alpha value is -0.610. The molecule has 0 aliphatic carbocycles. The summed E-state index contributed by atoms with van der Waals surface area (Å²) in [6.07, 6.45) is 4.00. The zero-order valence-corrected chi connectivity index (χ0v) is 11.5. The first-order valence-corrected chi connectivity index (χ1v) is 6.83. The van der Waals surface area contributed by atoms with Crippen molar-refractivity contribution in [1.29, 1.82) is 0 Å². The Kier molecular flexibility index (Phi) is 6.52. The van der Waals surface area contributed by atoms with E-state index in [2.05, 4.69) is 22.5 Å². The Balaban J connectivity index is 2.10. The van der Waals surface area contributed by atoms with E-state index in [1.165, 1.54) is 32.4 Å². The fourth-order valence-corrected chi connectivity index (χ4v) is 2.26. The summed E-state index contributed by atoms with van der Waals surface area (Å²) in [5, 5.41) is 6.11. The molecule has 1 fully saturated rings. The summed E-state index contributed by atoms with van der Waals surface area (Å²) < 4.78 is 0. The van der Waals surface area contributed by atoms with Gasteiger partial charge in [-0.1, -0.05) is 6.42 Å². The monoisotopic (exact) mass is 241 g/mol. The molecule has 0 bridgehead atoms. The summed E-state index contributed by atoms with van der Waals surface area (Å²) in [6.45, 7) is 9.94. The third-order valence-corrected chi connectivity index (χ3v) is 3.19. The number of carbonyl (C=O) groups excluding carboxylic acids is 1. The van der Waals surface area contributed by atoms with Crippen LogP contribution >= 0.6 is 0 Å². The molecule has 0 aromatic carbocycles. The number of hydrogen-bond acceptors (Lipinski definition) is 3. The van der Waals surface area contributed by atoms with Crippen LogP contribution in [0.4, 0.5) is 0 Å². The molecule has 1 heterocycles. The smallest absolute Gasteiger partial charge is 0.234 e. The van der Waals surface area contributed by atoms with Gasteiger partial charge in [0.25, 0.3) is 0 Å². The van der Waals surface area contributed by atoms with Gasteiger partial charge < -0.3 is 10.6 Å². The van der Waals surface area contributed by atoms with Crippen LogP contribution in [0, 0.1) is 0 Å². The molecule has 0 saturated carbocycles. The van der Waals surface area contributed by atoms with Crippen LogP contribution in [0.3, 0.4) is 0 Å². The molecular formula is C13H27N3O. The molecule has 0 aromatic rings. The molecule has 1 atom stereocenters. The van der Waals surface area contributed by atoms with Crippen molar-refractivity contribution >= 4 is 5.91 Å². The van der Waals surface area contributed by atoms with E-state index >= 15 is 0 Å². The number of carbonyl (C=O) groups is 1. The molecule has 1 saturated heterocycles. The molecule has 0 aromatic heterocycles. The van der Waals surface area contributed by atoms with Gasteiger partial charge >= 0.3 is 0 Å². The molecule has 4 heteroatoms. The van der Waals surface area contributed by atoms with Gasteiger partial charge in [0.05, 0.1) is 6.54 Å². The number of nitrogens with zero attached hydrogens (tertiary/aromatic N) is 1. The minimum atomic E-state index is 0.0887. The van der Waals surface area contributed by atoms with E-state index in [0.29, 0.717) is 12.6 Å². The van der Waals surface area contributed by atoms with Gasteiger partial charge in [-0.3, -0.25) is 9.69 Å². The lowest BCUT2D eigenvalue weighted by molar-refractivity contribution is -0.120. The molecule has 0 spiro atoms. The van der Waals surface area contributed by atoms with Crippen molar-refractivity contribution in [2.75, 3.05) is 26.2 Å². The predicted molar refractivity (Wildman–Crippen MR) is 71.0 cm³/mol. The zero-order valence-electron chi connectivity index (χ0n) is 11.5. The molecule has 2 N–H and O–H groups in total. The van der Waals surface area contributed by atoms with Gasteiger partial charge in [0, 0.05) is 18.6 Å². The van der Waals surface area contributed by atoms with Crippen molar-refractivity contribution in [3.05, 3.63) is 0 Å². The highest BCUT2D eigenvalue weighted by Gasteiger charge is 2.16. The lowest BCUT2D eigenvalue weighted by Gasteiger charge is -2.32. The van der Waals surface area contributed by atoms with Crippen molar-refractivity contribution in [3.8, 4) is 0 Å². The van der Waals surface area contributed by atoms with Crippen molar-refractivity contribution in [2.24, 2.45) is 0 Å². The first-order valence-electron chi connectivity index (χ1n) is 6.83. The fourth-order valence-electron chi connectivity index (χ4n) is 2.26. The first-order chi connectivity index (χ1) is 8.09. The summed E-state index contributed by atoms with van der Waals surface area (Å²) in [4.78, 5) is 13.9. The molecule has 1 amide bonds. The molecule has 1 rings (SSSR count). The van der Waals surface area contributed by atoms with Gasteiger partial charge in [-0.2, -0.15) is 0 Å². The van der Waals surface area contributed by atoms with Crippen LogP contribution in [0.5, 0.6) is 0 Å². The second-order valence-corrected chi connectivity index (χ2v) is 5.30. The van der Waals surface area contributed by atoms with Crippen molar-refractivity contribution < 1.29 is 4.79 Å². The van der Waals surface area contributed by atoms with E-state index in [9.17, 15) is 4.79 Å². The maximum absolute atomic E-state index is 11.4. The normalized spacial score (nSPS) is 19.3. The lowest BCUT2D eigenvalue weighted by Crippen LogP contribution is -2.45. The maximum Gasteiger partial charge on any atom is 0.234 e. The average Bonchev–Trinajstić information content (AvgIpc) is 2.29. The highest BCUT2D eigenvalue weighted by atomic mass is 16.1. The van der Waals surface area contributed by atoms with Gasteiger partial charge in [0.2, 0.25) is 5.91 Å². The second-order valence-electron chi connectivity index (χ2n) is 5.30. The molecule has 4 nitrogen and oxygen atoms in total. The number of piperidine rings is 1. The number of amides is 1. The Morgan fingerprint density at radius 3 is 2.41 bits per heavy atom. The third kappa shape index (κ3) is 6.03. The van der Waals surface area contributed by atoms with Gasteiger partial charge in [0.15, 0.2) is 0 Å². The van der Waals surface area contributed by atoms with Crippen molar-refractivity contribution in [1.82, 2.24) is 15.5 Å². The van der Waals surface area contributed by atoms with Crippen LogP contribution in [0.1, 0.15) is 40.0 Å². The summed E-state index contributed by atoms with van der Waals surface area (Å²) in [6, 6.07) is 0.756. The Labute approximate surface area is 105 Å². The molecule has 1 aliphatic heterocycles. The van der Waals surface area contributed by atoms with Gasteiger partial charge in [-0.25, -0.2) is 0 Å². The first kappa shape index (κ1) is 14.5. The molecule has 100 valence electrons. The molecule has 17 heavy (non-hydrogen) atoms. The van der Waals surface area contributed by atoms with E-state index in [0.717, 1.165) is 6.54 Å². The second kappa shape index (κ2) is 7.67. The lowest BCUT2D eigenvalue weighted by atomic mass is 10.1.